The molecule has 2 aromatic heterocycles. The maximum absolute atomic E-state index is 12.1. The van der Waals surface area contributed by atoms with Gasteiger partial charge in [-0.2, -0.15) is 0 Å². The highest BCUT2D eigenvalue weighted by Crippen LogP contribution is 2.24. The lowest BCUT2D eigenvalue weighted by Crippen LogP contribution is -2.16. The highest BCUT2D eigenvalue weighted by molar-refractivity contribution is 6.33. The van der Waals surface area contributed by atoms with Crippen LogP contribution in [0.4, 0.5) is 5.69 Å². The van der Waals surface area contributed by atoms with Gasteiger partial charge >= 0.3 is 0 Å². The first-order chi connectivity index (χ1) is 8.49. The zero-order valence-corrected chi connectivity index (χ0v) is 11.4. The summed E-state index contributed by atoms with van der Waals surface area (Å²) in [5.41, 5.74) is 1.82. The minimum atomic E-state index is -0.276. The Kier molecular flexibility index (Phi) is 3.59. The highest BCUT2D eigenvalue weighted by Gasteiger charge is 2.14. The molecule has 0 aliphatic rings. The molecule has 2 heterocycles. The number of hydrogen-bond acceptors (Lipinski definition) is 2. The van der Waals surface area contributed by atoms with E-state index in [1.165, 1.54) is 0 Å². The first-order valence-corrected chi connectivity index (χ1v) is 5.99. The van der Waals surface area contributed by atoms with Gasteiger partial charge in [0.2, 0.25) is 0 Å². The summed E-state index contributed by atoms with van der Waals surface area (Å²) in [6, 6.07) is 3.37. The number of aryl methyl sites for hydroxylation is 2. The van der Waals surface area contributed by atoms with Gasteiger partial charge in [-0.1, -0.05) is 23.2 Å². The predicted octanol–water partition coefficient (Wildman–Crippen LogP) is 3.29. The molecular formula is C12H11Cl2N3O. The van der Waals surface area contributed by atoms with Gasteiger partial charge in [-0.05, 0) is 24.6 Å². The normalized spacial score (nSPS) is 10.4. The number of pyridine rings is 1. The number of halogens is 2. The van der Waals surface area contributed by atoms with E-state index in [-0.39, 0.29) is 11.1 Å². The fourth-order valence-electron chi connectivity index (χ4n) is 1.60. The van der Waals surface area contributed by atoms with Crippen LogP contribution in [-0.4, -0.2) is 15.5 Å². The molecule has 18 heavy (non-hydrogen) atoms. The number of amides is 1. The quantitative estimate of drug-likeness (QED) is 0.860. The van der Waals surface area contributed by atoms with Crippen LogP contribution in [-0.2, 0) is 7.05 Å². The summed E-state index contributed by atoms with van der Waals surface area (Å²) in [5, 5.41) is 3.51. The van der Waals surface area contributed by atoms with E-state index < -0.39 is 0 Å². The van der Waals surface area contributed by atoms with Gasteiger partial charge in [-0.15, -0.1) is 0 Å². The maximum Gasteiger partial charge on any atom is 0.272 e. The molecule has 0 spiro atoms. The van der Waals surface area contributed by atoms with Crippen molar-refractivity contribution in [3.63, 3.8) is 0 Å². The van der Waals surface area contributed by atoms with E-state index in [0.29, 0.717) is 16.4 Å². The third-order valence-electron chi connectivity index (χ3n) is 2.56. The van der Waals surface area contributed by atoms with Crippen molar-refractivity contribution >= 4 is 34.8 Å². The zero-order valence-electron chi connectivity index (χ0n) is 9.87. The summed E-state index contributed by atoms with van der Waals surface area (Å²) in [6.07, 6.45) is 3.25. The van der Waals surface area contributed by atoms with Crippen LogP contribution in [0.5, 0.6) is 0 Å². The Morgan fingerprint density at radius 2 is 2.17 bits per heavy atom. The molecule has 94 valence electrons. The molecule has 0 bridgehead atoms. The van der Waals surface area contributed by atoms with Gasteiger partial charge in [0.05, 0.1) is 10.7 Å². The standard InChI is InChI=1S/C12H11Cl2N3O/c1-7-3-4-15-11(14)10(7)16-12(18)9-5-8(13)6-17(9)2/h3-6H,1-2H3,(H,16,18). The lowest BCUT2D eigenvalue weighted by Gasteiger charge is -2.09. The first-order valence-electron chi connectivity index (χ1n) is 5.23. The minimum absolute atomic E-state index is 0.267. The van der Waals surface area contributed by atoms with Gasteiger partial charge in [-0.3, -0.25) is 4.79 Å². The molecule has 0 saturated carbocycles. The Morgan fingerprint density at radius 3 is 2.72 bits per heavy atom. The number of aromatic nitrogens is 2. The van der Waals surface area contributed by atoms with Crippen molar-refractivity contribution < 1.29 is 4.79 Å². The topological polar surface area (TPSA) is 46.9 Å². The Labute approximate surface area is 115 Å². The third-order valence-corrected chi connectivity index (χ3v) is 3.05. The second-order valence-electron chi connectivity index (χ2n) is 3.90. The molecule has 0 saturated heterocycles. The molecule has 0 radical (unpaired) electrons. The van der Waals surface area contributed by atoms with Crippen LogP contribution in [0.2, 0.25) is 10.2 Å². The number of nitrogens with one attached hydrogen (secondary N) is 1. The molecule has 6 heteroatoms. The van der Waals surface area contributed by atoms with Crippen molar-refractivity contribution in [3.05, 3.63) is 46.0 Å². The molecule has 0 aromatic carbocycles. The Morgan fingerprint density at radius 1 is 1.44 bits per heavy atom. The fraction of sp³-hybridized carbons (Fsp3) is 0.167. The third kappa shape index (κ3) is 2.49. The van der Waals surface area contributed by atoms with Gasteiger partial charge in [0, 0.05) is 19.4 Å². The van der Waals surface area contributed by atoms with Crippen LogP contribution in [0.3, 0.4) is 0 Å². The van der Waals surface area contributed by atoms with Crippen LogP contribution < -0.4 is 5.32 Å². The number of carbonyl (C=O) groups excluding carboxylic acids is 1. The molecular weight excluding hydrogens is 273 g/mol. The summed E-state index contributed by atoms with van der Waals surface area (Å²) in [4.78, 5) is 16.0. The molecule has 0 unspecified atom stereocenters. The van der Waals surface area contributed by atoms with Crippen LogP contribution in [0.25, 0.3) is 0 Å². The predicted molar refractivity (Wildman–Crippen MR) is 72.4 cm³/mol. The molecule has 2 rings (SSSR count). The van der Waals surface area contributed by atoms with Crippen LogP contribution in [0, 0.1) is 6.92 Å². The summed E-state index contributed by atoms with van der Waals surface area (Å²) >= 11 is 11.8. The van der Waals surface area contributed by atoms with Crippen molar-refractivity contribution in [2.45, 2.75) is 6.92 Å². The second kappa shape index (κ2) is 5.00. The smallest absolute Gasteiger partial charge is 0.272 e. The Hall–Kier alpha value is -1.52. The van der Waals surface area contributed by atoms with Crippen molar-refractivity contribution in [1.82, 2.24) is 9.55 Å². The maximum atomic E-state index is 12.1. The summed E-state index contributed by atoms with van der Waals surface area (Å²) in [5.74, 6) is -0.276. The number of rotatable bonds is 2. The van der Waals surface area contributed by atoms with E-state index >= 15 is 0 Å². The second-order valence-corrected chi connectivity index (χ2v) is 4.70. The molecule has 1 N–H and O–H groups in total. The first kappa shape index (κ1) is 12.9. The lowest BCUT2D eigenvalue weighted by atomic mass is 10.2. The van der Waals surface area contributed by atoms with Crippen LogP contribution >= 0.6 is 23.2 Å². The summed E-state index contributed by atoms with van der Waals surface area (Å²) in [6.45, 7) is 1.85. The van der Waals surface area contributed by atoms with E-state index in [1.807, 2.05) is 6.92 Å². The van der Waals surface area contributed by atoms with E-state index in [2.05, 4.69) is 10.3 Å². The van der Waals surface area contributed by atoms with Crippen LogP contribution in [0.15, 0.2) is 24.5 Å². The average molecular weight is 284 g/mol. The molecule has 0 aliphatic heterocycles. The van der Waals surface area contributed by atoms with Gasteiger partial charge in [0.1, 0.15) is 5.69 Å². The van der Waals surface area contributed by atoms with Gasteiger partial charge in [0.15, 0.2) is 5.15 Å². The van der Waals surface area contributed by atoms with Crippen molar-refractivity contribution in [3.8, 4) is 0 Å². The molecule has 0 atom stereocenters. The zero-order chi connectivity index (χ0) is 13.3. The van der Waals surface area contributed by atoms with E-state index in [0.717, 1.165) is 5.56 Å². The lowest BCUT2D eigenvalue weighted by molar-refractivity contribution is 0.101. The number of anilines is 1. The monoisotopic (exact) mass is 283 g/mol. The average Bonchev–Trinajstić information content (AvgIpc) is 2.63. The van der Waals surface area contributed by atoms with Gasteiger partial charge < -0.3 is 9.88 Å². The van der Waals surface area contributed by atoms with Gasteiger partial charge in [-0.25, -0.2) is 4.98 Å². The largest absolute Gasteiger partial charge is 0.345 e. The van der Waals surface area contributed by atoms with E-state index in [9.17, 15) is 4.79 Å². The Balaban J connectivity index is 2.30. The summed E-state index contributed by atoms with van der Waals surface area (Å²) < 4.78 is 1.65. The van der Waals surface area contributed by atoms with Crippen molar-refractivity contribution in [2.24, 2.45) is 7.05 Å². The minimum Gasteiger partial charge on any atom is -0.345 e. The van der Waals surface area contributed by atoms with Crippen molar-refractivity contribution in [1.29, 1.82) is 0 Å². The number of nitrogens with zero attached hydrogens (tertiary/aromatic N) is 2. The fourth-order valence-corrected chi connectivity index (χ4v) is 2.11. The van der Waals surface area contributed by atoms with Crippen LogP contribution in [0.1, 0.15) is 16.1 Å². The molecule has 0 aliphatic carbocycles. The molecule has 4 nitrogen and oxygen atoms in total. The summed E-state index contributed by atoms with van der Waals surface area (Å²) in [7, 11) is 1.75. The Bertz CT molecular complexity index is 587. The van der Waals surface area contributed by atoms with Crippen molar-refractivity contribution in [2.75, 3.05) is 5.32 Å². The highest BCUT2D eigenvalue weighted by atomic mass is 35.5. The number of hydrogen-bond donors (Lipinski definition) is 1. The van der Waals surface area contributed by atoms with E-state index in [4.69, 9.17) is 23.2 Å². The SMILES string of the molecule is Cc1ccnc(Cl)c1NC(=O)c1cc(Cl)cn1C. The van der Waals surface area contributed by atoms with E-state index in [1.54, 1.807) is 36.1 Å². The molecule has 0 fully saturated rings. The van der Waals surface area contributed by atoms with Gasteiger partial charge in [0.25, 0.3) is 5.91 Å². The molecule has 1 amide bonds. The number of carbonyl (C=O) groups is 1. The molecule has 2 aromatic rings.